The van der Waals surface area contributed by atoms with Gasteiger partial charge < -0.3 is 9.73 Å². The zero-order chi connectivity index (χ0) is 13.7. The van der Waals surface area contributed by atoms with E-state index in [-0.39, 0.29) is 0 Å². The number of hydrogen-bond acceptors (Lipinski definition) is 3. The summed E-state index contributed by atoms with van der Waals surface area (Å²) in [5.74, 6) is 2.64. The molecule has 1 aliphatic carbocycles. The van der Waals surface area contributed by atoms with Gasteiger partial charge in [0, 0.05) is 6.04 Å². The summed E-state index contributed by atoms with van der Waals surface area (Å²) in [5.41, 5.74) is 0. The Kier molecular flexibility index (Phi) is 5.46. The Balaban J connectivity index is 1.78. The van der Waals surface area contributed by atoms with Crippen molar-refractivity contribution in [1.82, 2.24) is 10.2 Å². The highest BCUT2D eigenvalue weighted by atomic mass is 16.3. The molecule has 0 aliphatic heterocycles. The number of nitrogens with zero attached hydrogens (tertiary/aromatic N) is 1. The summed E-state index contributed by atoms with van der Waals surface area (Å²) >= 11 is 0. The lowest BCUT2D eigenvalue weighted by Crippen LogP contribution is -2.50. The third-order valence-corrected chi connectivity index (χ3v) is 4.15. The predicted octanol–water partition coefficient (Wildman–Crippen LogP) is 3.13. The summed E-state index contributed by atoms with van der Waals surface area (Å²) in [6.07, 6.45) is 4.47. The maximum atomic E-state index is 5.48. The van der Waals surface area contributed by atoms with E-state index in [0.717, 1.165) is 49.8 Å². The number of rotatable bonds is 8. The first-order valence-corrected chi connectivity index (χ1v) is 7.67. The van der Waals surface area contributed by atoms with E-state index in [1.165, 1.54) is 12.8 Å². The van der Waals surface area contributed by atoms with Gasteiger partial charge in [-0.1, -0.05) is 20.8 Å². The van der Waals surface area contributed by atoms with Crippen LogP contribution in [0.25, 0.3) is 0 Å². The average Bonchev–Trinajstić information content (AvgIpc) is 2.84. The predicted molar refractivity (Wildman–Crippen MR) is 79.0 cm³/mol. The van der Waals surface area contributed by atoms with E-state index in [0.29, 0.717) is 0 Å². The molecule has 0 spiro atoms. The van der Waals surface area contributed by atoms with Crippen molar-refractivity contribution in [3.63, 3.8) is 0 Å². The molecule has 0 radical (unpaired) electrons. The normalized spacial score (nSPS) is 23.0. The molecule has 3 heteroatoms. The Hall–Kier alpha value is -0.800. The fourth-order valence-corrected chi connectivity index (χ4v) is 2.89. The molecule has 2 rings (SSSR count). The van der Waals surface area contributed by atoms with Gasteiger partial charge in [-0.25, -0.2) is 0 Å². The topological polar surface area (TPSA) is 28.4 Å². The second kappa shape index (κ2) is 7.11. The first-order valence-electron chi connectivity index (χ1n) is 7.67. The molecule has 1 aliphatic rings. The Morgan fingerprint density at radius 3 is 2.79 bits per heavy atom. The monoisotopic (exact) mass is 264 g/mol. The van der Waals surface area contributed by atoms with Crippen molar-refractivity contribution in [2.45, 2.75) is 46.2 Å². The van der Waals surface area contributed by atoms with Crippen LogP contribution in [0.5, 0.6) is 0 Å². The molecular formula is C16H28N2O. The number of furan rings is 1. The van der Waals surface area contributed by atoms with Crippen LogP contribution in [0.1, 0.15) is 39.4 Å². The Morgan fingerprint density at radius 2 is 2.26 bits per heavy atom. The molecule has 1 aromatic heterocycles. The van der Waals surface area contributed by atoms with Gasteiger partial charge in [-0.3, -0.25) is 4.90 Å². The van der Waals surface area contributed by atoms with Crippen molar-refractivity contribution < 1.29 is 4.42 Å². The minimum atomic E-state index is 0.731. The molecule has 1 N–H and O–H groups in total. The quantitative estimate of drug-likeness (QED) is 0.782. The third-order valence-electron chi connectivity index (χ3n) is 4.15. The summed E-state index contributed by atoms with van der Waals surface area (Å²) in [6.45, 7) is 11.1. The van der Waals surface area contributed by atoms with Gasteiger partial charge in [0.1, 0.15) is 5.76 Å². The van der Waals surface area contributed by atoms with Crippen LogP contribution in [-0.4, -0.2) is 30.6 Å². The summed E-state index contributed by atoms with van der Waals surface area (Å²) in [5, 5.41) is 3.60. The van der Waals surface area contributed by atoms with E-state index in [2.05, 4.69) is 37.1 Å². The summed E-state index contributed by atoms with van der Waals surface area (Å²) in [7, 11) is 0. The van der Waals surface area contributed by atoms with Crippen LogP contribution in [0.2, 0.25) is 0 Å². The van der Waals surface area contributed by atoms with Gasteiger partial charge in [0.2, 0.25) is 0 Å². The third kappa shape index (κ3) is 4.08. The molecule has 0 aromatic carbocycles. The van der Waals surface area contributed by atoms with Gasteiger partial charge in [-0.05, 0) is 56.4 Å². The van der Waals surface area contributed by atoms with Crippen molar-refractivity contribution in [2.75, 3.05) is 19.6 Å². The van der Waals surface area contributed by atoms with Crippen LogP contribution < -0.4 is 5.32 Å². The summed E-state index contributed by atoms with van der Waals surface area (Å²) in [4.78, 5) is 2.56. The van der Waals surface area contributed by atoms with Crippen LogP contribution in [-0.2, 0) is 6.54 Å². The Morgan fingerprint density at radius 1 is 1.42 bits per heavy atom. The second-order valence-corrected chi connectivity index (χ2v) is 6.10. The molecule has 1 fully saturated rings. The smallest absolute Gasteiger partial charge is 0.117 e. The maximum Gasteiger partial charge on any atom is 0.117 e. The highest BCUT2D eigenvalue weighted by molar-refractivity contribution is 5.00. The molecule has 0 bridgehead atoms. The SMILES string of the molecule is CCN(Cc1ccco1)C1CCC1CNCC(C)C. The van der Waals surface area contributed by atoms with Crippen molar-refractivity contribution >= 4 is 0 Å². The lowest BCUT2D eigenvalue weighted by Gasteiger charge is -2.44. The van der Waals surface area contributed by atoms with Crippen LogP contribution in [0.3, 0.4) is 0 Å². The standard InChI is InChI=1S/C16H28N2O/c1-4-18(12-15-6-5-9-19-15)16-8-7-14(16)11-17-10-13(2)3/h5-6,9,13-14,16-17H,4,7-8,10-12H2,1-3H3. The van der Waals surface area contributed by atoms with E-state index < -0.39 is 0 Å². The van der Waals surface area contributed by atoms with E-state index >= 15 is 0 Å². The molecule has 108 valence electrons. The minimum Gasteiger partial charge on any atom is -0.468 e. The average molecular weight is 264 g/mol. The molecular weight excluding hydrogens is 236 g/mol. The van der Waals surface area contributed by atoms with E-state index in [1.54, 1.807) is 6.26 Å². The lowest BCUT2D eigenvalue weighted by atomic mass is 9.78. The first kappa shape index (κ1) is 14.6. The summed E-state index contributed by atoms with van der Waals surface area (Å²) < 4.78 is 5.48. The molecule has 1 saturated carbocycles. The van der Waals surface area contributed by atoms with Crippen molar-refractivity contribution in [2.24, 2.45) is 11.8 Å². The number of nitrogens with one attached hydrogen (secondary N) is 1. The maximum absolute atomic E-state index is 5.48. The molecule has 1 aromatic rings. The minimum absolute atomic E-state index is 0.731. The molecule has 0 saturated heterocycles. The van der Waals surface area contributed by atoms with E-state index in [4.69, 9.17) is 4.42 Å². The van der Waals surface area contributed by atoms with Gasteiger partial charge >= 0.3 is 0 Å². The number of hydrogen-bond donors (Lipinski definition) is 1. The van der Waals surface area contributed by atoms with Gasteiger partial charge in [0.25, 0.3) is 0 Å². The lowest BCUT2D eigenvalue weighted by molar-refractivity contribution is 0.0543. The fraction of sp³-hybridized carbons (Fsp3) is 0.750. The molecule has 2 atom stereocenters. The Bertz CT molecular complexity index is 348. The van der Waals surface area contributed by atoms with Crippen LogP contribution >= 0.6 is 0 Å². The fourth-order valence-electron chi connectivity index (χ4n) is 2.89. The van der Waals surface area contributed by atoms with E-state index in [1.807, 2.05) is 6.07 Å². The first-order chi connectivity index (χ1) is 9.20. The van der Waals surface area contributed by atoms with Gasteiger partial charge in [0.05, 0.1) is 12.8 Å². The zero-order valence-corrected chi connectivity index (χ0v) is 12.6. The van der Waals surface area contributed by atoms with Crippen LogP contribution in [0.15, 0.2) is 22.8 Å². The van der Waals surface area contributed by atoms with Gasteiger partial charge in [-0.15, -0.1) is 0 Å². The molecule has 3 nitrogen and oxygen atoms in total. The van der Waals surface area contributed by atoms with E-state index in [9.17, 15) is 0 Å². The van der Waals surface area contributed by atoms with Crippen molar-refractivity contribution in [1.29, 1.82) is 0 Å². The van der Waals surface area contributed by atoms with Crippen LogP contribution in [0, 0.1) is 11.8 Å². The van der Waals surface area contributed by atoms with Gasteiger partial charge in [-0.2, -0.15) is 0 Å². The molecule has 1 heterocycles. The Labute approximate surface area is 117 Å². The van der Waals surface area contributed by atoms with Crippen molar-refractivity contribution in [3.8, 4) is 0 Å². The largest absolute Gasteiger partial charge is 0.468 e. The molecule has 2 unspecified atom stereocenters. The highest BCUT2D eigenvalue weighted by Gasteiger charge is 2.34. The second-order valence-electron chi connectivity index (χ2n) is 6.10. The highest BCUT2D eigenvalue weighted by Crippen LogP contribution is 2.32. The van der Waals surface area contributed by atoms with Gasteiger partial charge in [0.15, 0.2) is 0 Å². The van der Waals surface area contributed by atoms with Crippen molar-refractivity contribution in [3.05, 3.63) is 24.2 Å². The van der Waals surface area contributed by atoms with Crippen LogP contribution in [0.4, 0.5) is 0 Å². The molecule has 0 amide bonds. The molecule has 19 heavy (non-hydrogen) atoms. The summed E-state index contributed by atoms with van der Waals surface area (Å²) in [6, 6.07) is 4.79. The zero-order valence-electron chi connectivity index (χ0n) is 12.6.